The maximum absolute atomic E-state index is 13.1. The molecular weight excluding hydrogens is 346 g/mol. The largest absolute Gasteiger partial charge is 0.496 e. The van der Waals surface area contributed by atoms with Crippen molar-refractivity contribution in [3.05, 3.63) is 40.3 Å². The minimum absolute atomic E-state index is 0.0767. The molecule has 1 amide bonds. The van der Waals surface area contributed by atoms with Gasteiger partial charge in [-0.25, -0.2) is 0 Å². The highest BCUT2D eigenvalue weighted by Gasteiger charge is 2.33. The lowest BCUT2D eigenvalue weighted by molar-refractivity contribution is -0.134. The number of rotatable bonds is 4. The number of hydrogen-bond acceptors (Lipinski definition) is 5. The number of amides is 1. The van der Waals surface area contributed by atoms with Gasteiger partial charge in [0.05, 0.1) is 7.11 Å². The summed E-state index contributed by atoms with van der Waals surface area (Å²) in [6, 6.07) is 3.75. The summed E-state index contributed by atoms with van der Waals surface area (Å²) in [6.45, 7) is 7.48. The Morgan fingerprint density at radius 2 is 1.78 bits per heavy atom. The van der Waals surface area contributed by atoms with Crippen LogP contribution in [0, 0.1) is 19.8 Å². The number of allylic oxidation sites excluding steroid dienone is 1. The first kappa shape index (κ1) is 19.3. The molecule has 0 radical (unpaired) electrons. The second-order valence-corrected chi connectivity index (χ2v) is 7.18. The zero-order valence-corrected chi connectivity index (χ0v) is 16.5. The molecule has 1 fully saturated rings. The van der Waals surface area contributed by atoms with E-state index in [1.54, 1.807) is 18.9 Å². The predicted molar refractivity (Wildman–Crippen MR) is 101 cm³/mol. The molecule has 2 aliphatic rings. The number of ether oxygens (including phenoxy) is 3. The van der Waals surface area contributed by atoms with Crippen LogP contribution in [0.25, 0.3) is 0 Å². The number of nitrogens with zero attached hydrogens (tertiary/aromatic N) is 1. The maximum Gasteiger partial charge on any atom is 0.292 e. The molecule has 0 spiro atoms. The summed E-state index contributed by atoms with van der Waals surface area (Å²) in [5.74, 6) is 1.27. The van der Waals surface area contributed by atoms with E-state index in [1.807, 2.05) is 26.0 Å². The third-order valence-corrected chi connectivity index (χ3v) is 5.19. The van der Waals surface area contributed by atoms with Crippen molar-refractivity contribution >= 4 is 11.7 Å². The van der Waals surface area contributed by atoms with Crippen molar-refractivity contribution in [3.63, 3.8) is 0 Å². The molecule has 1 saturated heterocycles. The summed E-state index contributed by atoms with van der Waals surface area (Å²) >= 11 is 0. The predicted octanol–water partition coefficient (Wildman–Crippen LogP) is 3.01. The lowest BCUT2D eigenvalue weighted by atomic mass is 9.88. The molecule has 1 atom stereocenters. The van der Waals surface area contributed by atoms with E-state index in [-0.39, 0.29) is 23.4 Å². The van der Waals surface area contributed by atoms with Gasteiger partial charge in [0.25, 0.3) is 5.91 Å². The third-order valence-electron chi connectivity index (χ3n) is 5.19. The molecule has 0 N–H and O–H groups in total. The number of ketones is 1. The van der Waals surface area contributed by atoms with Crippen molar-refractivity contribution in [3.8, 4) is 5.75 Å². The molecular formula is C21H27NO5. The number of likely N-dealkylation sites (tertiary alicyclic amines) is 1. The van der Waals surface area contributed by atoms with E-state index in [2.05, 4.69) is 0 Å². The Hall–Kier alpha value is -2.50. The monoisotopic (exact) mass is 373 g/mol. The Bertz CT molecular complexity index is 760. The molecule has 6 heteroatoms. The highest BCUT2D eigenvalue weighted by molar-refractivity contribution is 5.99. The molecule has 146 valence electrons. The molecule has 2 heterocycles. The quantitative estimate of drug-likeness (QED) is 0.759. The first-order valence-electron chi connectivity index (χ1n) is 9.37. The highest BCUT2D eigenvalue weighted by Crippen LogP contribution is 2.28. The molecule has 27 heavy (non-hydrogen) atoms. The summed E-state index contributed by atoms with van der Waals surface area (Å²) in [4.78, 5) is 27.6. The maximum atomic E-state index is 13.1. The van der Waals surface area contributed by atoms with Gasteiger partial charge in [0.1, 0.15) is 24.7 Å². The number of carbonyl (C=O) groups excluding carboxylic acids is 2. The summed E-state index contributed by atoms with van der Waals surface area (Å²) in [5, 5.41) is 0. The van der Waals surface area contributed by atoms with Crippen molar-refractivity contribution in [1.82, 2.24) is 4.90 Å². The SMILES string of the molecule is COc1c(C)cc(C(=O)[C@H]2CCCN(C(=O)C3=C(C)OCCO3)C2)cc1C. The Labute approximate surface area is 160 Å². The van der Waals surface area contributed by atoms with E-state index in [9.17, 15) is 9.59 Å². The molecule has 0 saturated carbocycles. The minimum Gasteiger partial charge on any atom is -0.496 e. The minimum atomic E-state index is -0.208. The van der Waals surface area contributed by atoms with Gasteiger partial charge in [-0.15, -0.1) is 0 Å². The van der Waals surface area contributed by atoms with Gasteiger partial charge in [-0.05, 0) is 56.9 Å². The number of Topliss-reactive ketones (excluding diaryl/α,β-unsaturated/α-hetero) is 1. The van der Waals surface area contributed by atoms with Gasteiger partial charge >= 0.3 is 0 Å². The number of benzene rings is 1. The smallest absolute Gasteiger partial charge is 0.292 e. The molecule has 0 aromatic heterocycles. The second-order valence-electron chi connectivity index (χ2n) is 7.18. The number of aryl methyl sites for hydroxylation is 2. The van der Waals surface area contributed by atoms with Crippen LogP contribution in [0.2, 0.25) is 0 Å². The zero-order valence-electron chi connectivity index (χ0n) is 16.5. The highest BCUT2D eigenvalue weighted by atomic mass is 16.6. The van der Waals surface area contributed by atoms with E-state index >= 15 is 0 Å². The van der Waals surface area contributed by atoms with Crippen LogP contribution < -0.4 is 4.74 Å². The van der Waals surface area contributed by atoms with Gasteiger partial charge < -0.3 is 19.1 Å². The van der Waals surface area contributed by atoms with Crippen molar-refractivity contribution in [1.29, 1.82) is 0 Å². The zero-order chi connectivity index (χ0) is 19.6. The van der Waals surface area contributed by atoms with Crippen molar-refractivity contribution < 1.29 is 23.8 Å². The Balaban J connectivity index is 1.76. The molecule has 6 nitrogen and oxygen atoms in total. The summed E-state index contributed by atoms with van der Waals surface area (Å²) in [5.41, 5.74) is 2.56. The summed E-state index contributed by atoms with van der Waals surface area (Å²) < 4.78 is 16.3. The van der Waals surface area contributed by atoms with Gasteiger partial charge in [0, 0.05) is 24.6 Å². The normalized spacial score (nSPS) is 20.0. The molecule has 1 aromatic rings. The summed E-state index contributed by atoms with van der Waals surface area (Å²) in [7, 11) is 1.63. The van der Waals surface area contributed by atoms with Crippen LogP contribution in [0.15, 0.2) is 23.7 Å². The Morgan fingerprint density at radius 1 is 1.11 bits per heavy atom. The number of methoxy groups -OCH3 is 1. The molecule has 1 aromatic carbocycles. The van der Waals surface area contributed by atoms with E-state index in [0.29, 0.717) is 37.6 Å². The lowest BCUT2D eigenvalue weighted by Crippen LogP contribution is -2.44. The lowest BCUT2D eigenvalue weighted by Gasteiger charge is -2.33. The van der Waals surface area contributed by atoms with Crippen molar-refractivity contribution in [2.75, 3.05) is 33.4 Å². The molecule has 3 rings (SSSR count). The van der Waals surface area contributed by atoms with E-state index in [0.717, 1.165) is 29.7 Å². The van der Waals surface area contributed by atoms with Crippen LogP contribution in [0.1, 0.15) is 41.3 Å². The Kier molecular flexibility index (Phi) is 5.73. The van der Waals surface area contributed by atoms with Crippen LogP contribution >= 0.6 is 0 Å². The molecule has 0 unspecified atom stereocenters. The second kappa shape index (κ2) is 8.03. The van der Waals surface area contributed by atoms with Gasteiger partial charge in [0.2, 0.25) is 5.76 Å². The third kappa shape index (κ3) is 3.94. The number of piperidine rings is 1. The standard InChI is InChI=1S/C21H27NO5/c1-13-10-17(11-14(2)19(13)25-4)18(23)16-6-5-7-22(12-16)21(24)20-15(3)26-8-9-27-20/h10-11,16H,5-9,12H2,1-4H3/t16-/m0/s1. The van der Waals surface area contributed by atoms with Crippen LogP contribution in [0.5, 0.6) is 5.75 Å². The van der Waals surface area contributed by atoms with Gasteiger partial charge in [-0.2, -0.15) is 0 Å². The average molecular weight is 373 g/mol. The first-order valence-corrected chi connectivity index (χ1v) is 9.37. The number of carbonyl (C=O) groups is 2. The van der Waals surface area contributed by atoms with Crippen LogP contribution in [0.3, 0.4) is 0 Å². The Morgan fingerprint density at radius 3 is 2.41 bits per heavy atom. The van der Waals surface area contributed by atoms with Gasteiger partial charge in [-0.3, -0.25) is 9.59 Å². The van der Waals surface area contributed by atoms with Crippen LogP contribution in [-0.4, -0.2) is 50.0 Å². The van der Waals surface area contributed by atoms with Crippen LogP contribution in [0.4, 0.5) is 0 Å². The van der Waals surface area contributed by atoms with Crippen molar-refractivity contribution in [2.24, 2.45) is 5.92 Å². The fourth-order valence-corrected chi connectivity index (χ4v) is 3.89. The molecule has 0 bridgehead atoms. The fraction of sp³-hybridized carbons (Fsp3) is 0.524. The first-order chi connectivity index (χ1) is 12.9. The van der Waals surface area contributed by atoms with Crippen molar-refractivity contribution in [2.45, 2.75) is 33.6 Å². The van der Waals surface area contributed by atoms with E-state index in [4.69, 9.17) is 14.2 Å². The van der Waals surface area contributed by atoms with Gasteiger partial charge in [-0.1, -0.05) is 0 Å². The molecule has 2 aliphatic heterocycles. The van der Waals surface area contributed by atoms with Gasteiger partial charge in [0.15, 0.2) is 5.78 Å². The van der Waals surface area contributed by atoms with E-state index < -0.39 is 0 Å². The summed E-state index contributed by atoms with van der Waals surface area (Å²) in [6.07, 6.45) is 1.57. The van der Waals surface area contributed by atoms with E-state index in [1.165, 1.54) is 0 Å². The van der Waals surface area contributed by atoms with Crippen LogP contribution in [-0.2, 0) is 14.3 Å². The fourth-order valence-electron chi connectivity index (χ4n) is 3.89. The number of hydrogen-bond donors (Lipinski definition) is 0. The average Bonchev–Trinajstić information content (AvgIpc) is 2.67. The topological polar surface area (TPSA) is 65.1 Å². The molecule has 0 aliphatic carbocycles.